The Kier molecular flexibility index (Phi) is 2.83. The van der Waals surface area contributed by atoms with E-state index in [1.165, 1.54) is 25.7 Å². The maximum absolute atomic E-state index is 5.87. The van der Waals surface area contributed by atoms with E-state index in [1.54, 1.807) is 6.07 Å². The second-order valence-electron chi connectivity index (χ2n) is 6.51. The van der Waals surface area contributed by atoms with Gasteiger partial charge in [-0.2, -0.15) is 0 Å². The van der Waals surface area contributed by atoms with E-state index in [-0.39, 0.29) is 0 Å². The fourth-order valence-electron chi connectivity index (χ4n) is 4.16. The van der Waals surface area contributed by atoms with Gasteiger partial charge in [-0.05, 0) is 65.6 Å². The van der Waals surface area contributed by atoms with Crippen LogP contribution in [0.1, 0.15) is 25.7 Å². The largest absolute Gasteiger partial charge is 0.399 e. The maximum atomic E-state index is 5.87. The summed E-state index contributed by atoms with van der Waals surface area (Å²) in [6.45, 7) is 0.901. The Hall–Kier alpha value is -2.11. The SMILES string of the molecule is Nc1cc(N)cc(-c2nnnn2CC2CC3CCC2C3)c1. The molecule has 6 nitrogen and oxygen atoms in total. The summed E-state index contributed by atoms with van der Waals surface area (Å²) in [7, 11) is 0. The van der Waals surface area contributed by atoms with Crippen molar-refractivity contribution in [3.05, 3.63) is 18.2 Å². The molecule has 0 amide bonds. The van der Waals surface area contributed by atoms with Gasteiger partial charge in [0.05, 0.1) is 0 Å². The van der Waals surface area contributed by atoms with Gasteiger partial charge in [-0.15, -0.1) is 5.10 Å². The quantitative estimate of drug-likeness (QED) is 0.840. The number of tetrazole rings is 1. The minimum absolute atomic E-state index is 0.638. The van der Waals surface area contributed by atoms with Gasteiger partial charge in [0, 0.05) is 23.5 Å². The van der Waals surface area contributed by atoms with E-state index >= 15 is 0 Å². The molecule has 21 heavy (non-hydrogen) atoms. The predicted octanol–water partition coefficient (Wildman–Crippen LogP) is 1.94. The molecule has 3 atom stereocenters. The van der Waals surface area contributed by atoms with Gasteiger partial charge in [-0.3, -0.25) is 0 Å². The first-order valence-electron chi connectivity index (χ1n) is 7.61. The standard InChI is InChI=1S/C15H20N6/c16-13-5-11(6-14(17)7-13)15-18-19-20-21(15)8-12-4-9-1-2-10(12)3-9/h5-7,9-10,12H,1-4,8,16-17H2. The summed E-state index contributed by atoms with van der Waals surface area (Å²) in [4.78, 5) is 0. The van der Waals surface area contributed by atoms with Gasteiger partial charge in [0.15, 0.2) is 5.82 Å². The van der Waals surface area contributed by atoms with Crippen LogP contribution in [0.25, 0.3) is 11.4 Å². The molecule has 2 saturated carbocycles. The molecule has 3 unspecified atom stereocenters. The number of nitrogens with two attached hydrogens (primary N) is 2. The highest BCUT2D eigenvalue weighted by molar-refractivity contribution is 5.67. The summed E-state index contributed by atoms with van der Waals surface area (Å²) < 4.78 is 1.92. The van der Waals surface area contributed by atoms with Gasteiger partial charge in [0.1, 0.15) is 0 Å². The zero-order valence-electron chi connectivity index (χ0n) is 11.9. The topological polar surface area (TPSA) is 95.6 Å². The first kappa shape index (κ1) is 12.6. The molecular weight excluding hydrogens is 264 g/mol. The molecule has 1 aromatic heterocycles. The number of aromatic nitrogens is 4. The van der Waals surface area contributed by atoms with Gasteiger partial charge in [0.2, 0.25) is 0 Å². The van der Waals surface area contributed by atoms with E-state index < -0.39 is 0 Å². The zero-order valence-corrected chi connectivity index (χ0v) is 11.9. The summed E-state index contributed by atoms with van der Waals surface area (Å²) >= 11 is 0. The van der Waals surface area contributed by atoms with Crippen LogP contribution in [0.15, 0.2) is 18.2 Å². The average molecular weight is 284 g/mol. The van der Waals surface area contributed by atoms with E-state index in [2.05, 4.69) is 15.5 Å². The van der Waals surface area contributed by atoms with Crippen LogP contribution in [0.3, 0.4) is 0 Å². The molecule has 0 saturated heterocycles. The van der Waals surface area contributed by atoms with Crippen molar-refractivity contribution in [1.82, 2.24) is 20.2 Å². The molecule has 4 rings (SSSR count). The Morgan fingerprint density at radius 2 is 1.90 bits per heavy atom. The number of benzene rings is 1. The molecule has 2 fully saturated rings. The van der Waals surface area contributed by atoms with Gasteiger partial charge < -0.3 is 11.5 Å². The predicted molar refractivity (Wildman–Crippen MR) is 81.0 cm³/mol. The molecule has 0 radical (unpaired) electrons. The minimum Gasteiger partial charge on any atom is -0.399 e. The third-order valence-electron chi connectivity index (χ3n) is 5.06. The molecule has 2 aliphatic rings. The fraction of sp³-hybridized carbons (Fsp3) is 0.533. The number of rotatable bonds is 3. The van der Waals surface area contributed by atoms with E-state index in [0.29, 0.717) is 17.3 Å². The second-order valence-corrected chi connectivity index (χ2v) is 6.51. The molecule has 0 spiro atoms. The lowest BCUT2D eigenvalue weighted by atomic mass is 9.89. The zero-order chi connectivity index (χ0) is 14.4. The number of nitrogens with zero attached hydrogens (tertiary/aromatic N) is 4. The van der Waals surface area contributed by atoms with E-state index in [1.807, 2.05) is 16.8 Å². The highest BCUT2D eigenvalue weighted by atomic mass is 15.5. The third kappa shape index (κ3) is 2.24. The first-order chi connectivity index (χ1) is 10.2. The van der Waals surface area contributed by atoms with Crippen LogP contribution in [0.2, 0.25) is 0 Å². The number of fused-ring (bicyclic) bond motifs is 2. The Bertz CT molecular complexity index is 644. The fourth-order valence-corrected chi connectivity index (χ4v) is 4.16. The molecule has 1 heterocycles. The molecule has 110 valence electrons. The van der Waals surface area contributed by atoms with Crippen molar-refractivity contribution >= 4 is 11.4 Å². The first-order valence-corrected chi connectivity index (χ1v) is 7.61. The maximum Gasteiger partial charge on any atom is 0.182 e. The van der Waals surface area contributed by atoms with Crippen LogP contribution in [-0.2, 0) is 6.54 Å². The number of hydrogen-bond donors (Lipinski definition) is 2. The monoisotopic (exact) mass is 284 g/mol. The highest BCUT2D eigenvalue weighted by Gasteiger charge is 2.39. The molecule has 6 heteroatoms. The smallest absolute Gasteiger partial charge is 0.182 e. The molecule has 2 bridgehead atoms. The van der Waals surface area contributed by atoms with Gasteiger partial charge in [0.25, 0.3) is 0 Å². The lowest BCUT2D eigenvalue weighted by Crippen LogP contribution is -2.18. The Balaban J connectivity index is 1.61. The Labute approximate surface area is 123 Å². The van der Waals surface area contributed by atoms with Crippen molar-refractivity contribution in [2.75, 3.05) is 11.5 Å². The number of nitrogen functional groups attached to an aromatic ring is 2. The number of hydrogen-bond acceptors (Lipinski definition) is 5. The molecule has 1 aromatic carbocycles. The molecule has 2 aliphatic carbocycles. The normalized spacial score (nSPS) is 27.3. The molecular formula is C15H20N6. The van der Waals surface area contributed by atoms with Crippen LogP contribution in [0.5, 0.6) is 0 Å². The van der Waals surface area contributed by atoms with Crippen molar-refractivity contribution in [2.45, 2.75) is 32.2 Å². The van der Waals surface area contributed by atoms with Gasteiger partial charge >= 0.3 is 0 Å². The molecule has 4 N–H and O–H groups in total. The highest BCUT2D eigenvalue weighted by Crippen LogP contribution is 2.48. The van der Waals surface area contributed by atoms with Crippen molar-refractivity contribution in [3.63, 3.8) is 0 Å². The lowest BCUT2D eigenvalue weighted by Gasteiger charge is -2.21. The van der Waals surface area contributed by atoms with E-state index in [9.17, 15) is 0 Å². The van der Waals surface area contributed by atoms with Gasteiger partial charge in [-0.1, -0.05) is 6.42 Å². The van der Waals surface area contributed by atoms with Crippen LogP contribution >= 0.6 is 0 Å². The van der Waals surface area contributed by atoms with Crippen molar-refractivity contribution < 1.29 is 0 Å². The number of anilines is 2. The van der Waals surface area contributed by atoms with Crippen LogP contribution in [0, 0.1) is 17.8 Å². The summed E-state index contributed by atoms with van der Waals surface area (Å²) in [6, 6.07) is 5.49. The van der Waals surface area contributed by atoms with Gasteiger partial charge in [-0.25, -0.2) is 4.68 Å². The minimum atomic E-state index is 0.638. The molecule has 0 aliphatic heterocycles. The lowest BCUT2D eigenvalue weighted by molar-refractivity contribution is 0.284. The van der Waals surface area contributed by atoms with E-state index in [4.69, 9.17) is 11.5 Å². The van der Waals surface area contributed by atoms with Crippen molar-refractivity contribution in [1.29, 1.82) is 0 Å². The van der Waals surface area contributed by atoms with Crippen LogP contribution in [0.4, 0.5) is 11.4 Å². The van der Waals surface area contributed by atoms with Crippen molar-refractivity contribution in [3.8, 4) is 11.4 Å². The average Bonchev–Trinajstić information content (AvgIpc) is 3.13. The van der Waals surface area contributed by atoms with Crippen LogP contribution in [-0.4, -0.2) is 20.2 Å². The summed E-state index contributed by atoms with van der Waals surface area (Å²) in [5.41, 5.74) is 13.9. The Morgan fingerprint density at radius 1 is 1.10 bits per heavy atom. The molecule has 2 aromatic rings. The summed E-state index contributed by atoms with van der Waals surface area (Å²) in [6.07, 6.45) is 5.50. The van der Waals surface area contributed by atoms with E-state index in [0.717, 1.165) is 29.8 Å². The second kappa shape index (κ2) is 4.72. The summed E-state index contributed by atoms with van der Waals surface area (Å²) in [5.74, 6) is 3.27. The third-order valence-corrected chi connectivity index (χ3v) is 5.06. The summed E-state index contributed by atoms with van der Waals surface area (Å²) in [5, 5.41) is 12.2. The van der Waals surface area contributed by atoms with Crippen molar-refractivity contribution in [2.24, 2.45) is 17.8 Å². The van der Waals surface area contributed by atoms with Crippen LogP contribution < -0.4 is 11.5 Å². The Morgan fingerprint density at radius 3 is 2.57 bits per heavy atom.